The van der Waals surface area contributed by atoms with Crippen LogP contribution in [0.5, 0.6) is 11.5 Å². The number of halogens is 1. The molecular weight excluding hydrogens is 423 g/mol. The number of nitrogens with zero attached hydrogens (tertiary/aromatic N) is 2. The van der Waals surface area contributed by atoms with Gasteiger partial charge in [-0.2, -0.15) is 5.26 Å². The van der Waals surface area contributed by atoms with Crippen LogP contribution in [-0.4, -0.2) is 50.8 Å². The molecule has 0 aromatic heterocycles. The number of methoxy groups -OCH3 is 1. The lowest BCUT2D eigenvalue weighted by Crippen LogP contribution is -2.41. The molecule has 1 aliphatic heterocycles. The fourth-order valence-electron chi connectivity index (χ4n) is 2.35. The van der Waals surface area contributed by atoms with E-state index in [-0.39, 0.29) is 11.5 Å². The van der Waals surface area contributed by atoms with Crippen LogP contribution in [0.15, 0.2) is 17.7 Å². The Morgan fingerprint density at radius 3 is 2.75 bits per heavy atom. The third-order valence-corrected chi connectivity index (χ3v) is 4.30. The van der Waals surface area contributed by atoms with Crippen molar-refractivity contribution < 1.29 is 19.0 Å². The minimum Gasteiger partial charge on any atom is -0.493 e. The number of morpholine rings is 1. The summed E-state index contributed by atoms with van der Waals surface area (Å²) in [7, 11) is 1.56. The third kappa shape index (κ3) is 4.39. The molecule has 24 heavy (non-hydrogen) atoms. The van der Waals surface area contributed by atoms with Gasteiger partial charge in [0.25, 0.3) is 5.91 Å². The monoisotopic (exact) mass is 442 g/mol. The van der Waals surface area contributed by atoms with Crippen molar-refractivity contribution in [3.63, 3.8) is 0 Å². The van der Waals surface area contributed by atoms with Gasteiger partial charge in [-0.15, -0.1) is 0 Å². The van der Waals surface area contributed by atoms with E-state index in [0.717, 1.165) is 9.13 Å². The van der Waals surface area contributed by atoms with Crippen molar-refractivity contribution in [2.75, 3.05) is 40.0 Å². The van der Waals surface area contributed by atoms with Gasteiger partial charge in [0.2, 0.25) is 0 Å². The number of carbonyl (C=O) groups is 1. The lowest BCUT2D eigenvalue weighted by atomic mass is 10.1. The van der Waals surface area contributed by atoms with Crippen LogP contribution >= 0.6 is 22.6 Å². The van der Waals surface area contributed by atoms with E-state index in [1.165, 1.54) is 0 Å². The van der Waals surface area contributed by atoms with Gasteiger partial charge >= 0.3 is 0 Å². The summed E-state index contributed by atoms with van der Waals surface area (Å²) in [6.45, 7) is 4.43. The van der Waals surface area contributed by atoms with E-state index in [4.69, 9.17) is 14.2 Å². The topological polar surface area (TPSA) is 71.8 Å². The Morgan fingerprint density at radius 1 is 1.46 bits per heavy atom. The second kappa shape index (κ2) is 8.89. The first-order chi connectivity index (χ1) is 11.6. The van der Waals surface area contributed by atoms with Crippen molar-refractivity contribution >= 4 is 34.6 Å². The number of rotatable bonds is 5. The van der Waals surface area contributed by atoms with Crippen LogP contribution in [0.4, 0.5) is 0 Å². The summed E-state index contributed by atoms with van der Waals surface area (Å²) < 4.78 is 17.0. The van der Waals surface area contributed by atoms with Gasteiger partial charge in [0.05, 0.1) is 30.5 Å². The zero-order chi connectivity index (χ0) is 17.5. The van der Waals surface area contributed by atoms with Crippen molar-refractivity contribution in [2.45, 2.75) is 6.92 Å². The predicted molar refractivity (Wildman–Crippen MR) is 97.9 cm³/mol. The van der Waals surface area contributed by atoms with Gasteiger partial charge in [-0.3, -0.25) is 4.79 Å². The molecule has 0 atom stereocenters. The molecule has 1 aromatic rings. The molecule has 0 N–H and O–H groups in total. The molecule has 128 valence electrons. The molecule has 0 bridgehead atoms. The number of hydrogen-bond donors (Lipinski definition) is 0. The molecule has 0 spiro atoms. The van der Waals surface area contributed by atoms with Crippen molar-refractivity contribution in [3.05, 3.63) is 26.8 Å². The van der Waals surface area contributed by atoms with Gasteiger partial charge in [-0.05, 0) is 53.3 Å². The molecule has 1 aliphatic rings. The molecule has 0 saturated carbocycles. The number of amides is 1. The van der Waals surface area contributed by atoms with E-state index in [9.17, 15) is 10.1 Å². The Labute approximate surface area is 155 Å². The minimum atomic E-state index is -0.274. The minimum absolute atomic E-state index is 0.0962. The summed E-state index contributed by atoms with van der Waals surface area (Å²) in [6, 6.07) is 5.62. The number of ether oxygens (including phenoxy) is 3. The maximum atomic E-state index is 12.5. The van der Waals surface area contributed by atoms with Crippen LogP contribution in [0, 0.1) is 14.9 Å². The quantitative estimate of drug-likeness (QED) is 0.398. The Bertz CT molecular complexity index is 676. The van der Waals surface area contributed by atoms with Crippen LogP contribution in [0.25, 0.3) is 6.08 Å². The highest BCUT2D eigenvalue weighted by molar-refractivity contribution is 14.1. The zero-order valence-electron chi connectivity index (χ0n) is 13.7. The van der Waals surface area contributed by atoms with Gasteiger partial charge in [-0.1, -0.05) is 0 Å². The van der Waals surface area contributed by atoms with Crippen LogP contribution < -0.4 is 9.47 Å². The first-order valence-electron chi connectivity index (χ1n) is 7.59. The molecule has 1 saturated heterocycles. The summed E-state index contributed by atoms with van der Waals surface area (Å²) in [5.74, 6) is 0.963. The lowest BCUT2D eigenvalue weighted by Gasteiger charge is -2.26. The van der Waals surface area contributed by atoms with Crippen molar-refractivity contribution in [2.24, 2.45) is 0 Å². The smallest absolute Gasteiger partial charge is 0.264 e. The normalized spacial score (nSPS) is 14.9. The molecule has 7 heteroatoms. The van der Waals surface area contributed by atoms with Crippen LogP contribution in [-0.2, 0) is 9.53 Å². The van der Waals surface area contributed by atoms with Crippen LogP contribution in [0.1, 0.15) is 12.5 Å². The average Bonchev–Trinajstić information content (AvgIpc) is 2.61. The van der Waals surface area contributed by atoms with Crippen molar-refractivity contribution in [1.82, 2.24) is 4.90 Å². The molecule has 1 aromatic carbocycles. The Morgan fingerprint density at radius 2 is 2.17 bits per heavy atom. The molecule has 2 rings (SSSR count). The summed E-state index contributed by atoms with van der Waals surface area (Å²) >= 11 is 2.15. The van der Waals surface area contributed by atoms with E-state index >= 15 is 0 Å². The molecule has 6 nitrogen and oxygen atoms in total. The van der Waals surface area contributed by atoms with Gasteiger partial charge in [0.1, 0.15) is 11.6 Å². The first kappa shape index (κ1) is 18.5. The van der Waals surface area contributed by atoms with Gasteiger partial charge < -0.3 is 19.1 Å². The van der Waals surface area contributed by atoms with E-state index in [0.29, 0.717) is 44.4 Å². The Balaban J connectivity index is 2.31. The molecule has 1 heterocycles. The van der Waals surface area contributed by atoms with Crippen LogP contribution in [0.2, 0.25) is 0 Å². The highest BCUT2D eigenvalue weighted by Crippen LogP contribution is 2.34. The number of carbonyl (C=O) groups excluding carboxylic acids is 1. The fourth-order valence-corrected chi connectivity index (χ4v) is 3.13. The first-order valence-corrected chi connectivity index (χ1v) is 8.67. The Hall–Kier alpha value is -1.79. The SMILES string of the molecule is CCOc1c(I)cc(/C=C(\C#N)C(=O)N2CCOCC2)cc1OC. The summed E-state index contributed by atoms with van der Waals surface area (Å²) in [5, 5.41) is 9.37. The van der Waals surface area contributed by atoms with Gasteiger partial charge in [-0.25, -0.2) is 0 Å². The maximum Gasteiger partial charge on any atom is 0.264 e. The fraction of sp³-hybridized carbons (Fsp3) is 0.412. The lowest BCUT2D eigenvalue weighted by molar-refractivity contribution is -0.130. The van der Waals surface area contributed by atoms with E-state index in [1.807, 2.05) is 19.1 Å². The van der Waals surface area contributed by atoms with E-state index in [2.05, 4.69) is 22.6 Å². The molecule has 0 unspecified atom stereocenters. The van der Waals surface area contributed by atoms with Crippen molar-refractivity contribution in [1.29, 1.82) is 5.26 Å². The second-order valence-corrected chi connectivity index (χ2v) is 6.20. The summed E-state index contributed by atoms with van der Waals surface area (Å²) in [4.78, 5) is 14.1. The highest BCUT2D eigenvalue weighted by Gasteiger charge is 2.21. The largest absolute Gasteiger partial charge is 0.493 e. The van der Waals surface area contributed by atoms with Crippen molar-refractivity contribution in [3.8, 4) is 17.6 Å². The Kier molecular flexibility index (Phi) is 6.87. The molecule has 1 fully saturated rings. The average molecular weight is 442 g/mol. The van der Waals surface area contributed by atoms with E-state index < -0.39 is 0 Å². The van der Waals surface area contributed by atoms with Gasteiger partial charge in [0.15, 0.2) is 11.5 Å². The standard InChI is InChI=1S/C17H19IN2O4/c1-3-24-16-14(18)9-12(10-15(16)22-2)8-13(11-19)17(21)20-4-6-23-7-5-20/h8-10H,3-7H2,1-2H3/b13-8+. The summed E-state index contributed by atoms with van der Waals surface area (Å²) in [6.07, 6.45) is 1.58. The van der Waals surface area contributed by atoms with Gasteiger partial charge in [0, 0.05) is 13.1 Å². The van der Waals surface area contributed by atoms with E-state index in [1.54, 1.807) is 24.2 Å². The second-order valence-electron chi connectivity index (χ2n) is 5.04. The molecule has 1 amide bonds. The maximum absolute atomic E-state index is 12.5. The number of nitriles is 1. The molecule has 0 aliphatic carbocycles. The molecule has 0 radical (unpaired) electrons. The zero-order valence-corrected chi connectivity index (χ0v) is 15.8. The highest BCUT2D eigenvalue weighted by atomic mass is 127. The number of hydrogen-bond acceptors (Lipinski definition) is 5. The number of benzene rings is 1. The summed E-state index contributed by atoms with van der Waals surface area (Å²) in [5.41, 5.74) is 0.816. The van der Waals surface area contributed by atoms with Crippen LogP contribution in [0.3, 0.4) is 0 Å². The third-order valence-electron chi connectivity index (χ3n) is 3.50. The molecular formula is C17H19IN2O4. The predicted octanol–water partition coefficient (Wildman–Crippen LogP) is 2.46.